The molecule has 0 heterocycles. The first kappa shape index (κ1) is 21.1. The van der Waals surface area contributed by atoms with Crippen molar-refractivity contribution in [3.8, 4) is 12.3 Å². The van der Waals surface area contributed by atoms with Crippen molar-refractivity contribution in [1.82, 2.24) is 10.1 Å². The van der Waals surface area contributed by atoms with Gasteiger partial charge in [-0.2, -0.15) is 4.72 Å². The maximum absolute atomic E-state index is 12.8. The second kappa shape index (κ2) is 9.74. The molecule has 0 fully saturated rings. The molecular formula is C23H21N3O3S. The minimum absolute atomic E-state index is 0.0403. The molecule has 0 spiro atoms. The molecule has 30 heavy (non-hydrogen) atoms. The summed E-state index contributed by atoms with van der Waals surface area (Å²) in [4.78, 5) is 12.8. The van der Waals surface area contributed by atoms with E-state index in [4.69, 9.17) is 6.42 Å². The van der Waals surface area contributed by atoms with Crippen LogP contribution in [-0.2, 0) is 16.6 Å². The third-order valence-electron chi connectivity index (χ3n) is 4.28. The number of hydrazine groups is 1. The maximum atomic E-state index is 12.8. The van der Waals surface area contributed by atoms with Crippen LogP contribution in [0.25, 0.3) is 0 Å². The van der Waals surface area contributed by atoms with E-state index in [1.165, 1.54) is 24.3 Å². The predicted octanol–water partition coefficient (Wildman–Crippen LogP) is 2.95. The number of nitrogens with zero attached hydrogens (tertiary/aromatic N) is 1. The Morgan fingerprint density at radius 1 is 0.900 bits per heavy atom. The number of anilines is 1. The highest BCUT2D eigenvalue weighted by molar-refractivity contribution is 7.89. The number of carbonyl (C=O) groups is 1. The molecule has 0 saturated heterocycles. The fraction of sp³-hybridized carbons (Fsp3) is 0.0870. The summed E-state index contributed by atoms with van der Waals surface area (Å²) < 4.78 is 26.5. The molecule has 0 aromatic heterocycles. The van der Waals surface area contributed by atoms with Crippen molar-refractivity contribution in [3.05, 3.63) is 96.1 Å². The first-order valence-corrected chi connectivity index (χ1v) is 10.7. The standard InChI is InChI=1S/C23H21N3O3S/c1-2-17-24-30(28,29)22-15-13-20(14-16-22)23(27)25-26(21-11-7-4-8-12-21)18-19-9-5-3-6-10-19/h1,3-16,24H,17-18H2,(H,25,27). The number of carbonyl (C=O) groups excluding carboxylic acids is 1. The van der Waals surface area contributed by atoms with E-state index in [1.54, 1.807) is 5.01 Å². The minimum atomic E-state index is -3.71. The van der Waals surface area contributed by atoms with E-state index in [-0.39, 0.29) is 17.3 Å². The lowest BCUT2D eigenvalue weighted by Gasteiger charge is -2.25. The molecule has 152 valence electrons. The lowest BCUT2D eigenvalue weighted by atomic mass is 10.2. The van der Waals surface area contributed by atoms with Gasteiger partial charge < -0.3 is 0 Å². The van der Waals surface area contributed by atoms with E-state index in [9.17, 15) is 13.2 Å². The van der Waals surface area contributed by atoms with Gasteiger partial charge >= 0.3 is 0 Å². The quantitative estimate of drug-likeness (QED) is 0.435. The number of para-hydroxylation sites is 1. The Hall–Kier alpha value is -3.60. The van der Waals surface area contributed by atoms with E-state index in [0.717, 1.165) is 11.3 Å². The largest absolute Gasteiger partial charge is 0.281 e. The highest BCUT2D eigenvalue weighted by atomic mass is 32.2. The van der Waals surface area contributed by atoms with Gasteiger partial charge in [-0.3, -0.25) is 15.2 Å². The molecule has 0 aliphatic rings. The van der Waals surface area contributed by atoms with Crippen LogP contribution in [0.2, 0.25) is 0 Å². The number of hydrogen-bond donors (Lipinski definition) is 2. The predicted molar refractivity (Wildman–Crippen MR) is 117 cm³/mol. The molecule has 0 aliphatic heterocycles. The highest BCUT2D eigenvalue weighted by Crippen LogP contribution is 2.16. The van der Waals surface area contributed by atoms with E-state index >= 15 is 0 Å². The Balaban J connectivity index is 1.78. The second-order valence-corrected chi connectivity index (χ2v) is 8.17. The number of rotatable bonds is 8. The van der Waals surface area contributed by atoms with Crippen LogP contribution in [-0.4, -0.2) is 20.9 Å². The summed E-state index contributed by atoms with van der Waals surface area (Å²) in [6.45, 7) is 0.370. The topological polar surface area (TPSA) is 78.5 Å². The summed E-state index contributed by atoms with van der Waals surface area (Å²) in [6.07, 6.45) is 5.09. The van der Waals surface area contributed by atoms with Gasteiger partial charge in [0.05, 0.1) is 23.7 Å². The normalized spacial score (nSPS) is 10.8. The summed E-state index contributed by atoms with van der Waals surface area (Å²) in [6, 6.07) is 24.9. The SMILES string of the molecule is C#CCNS(=O)(=O)c1ccc(C(=O)NN(Cc2ccccc2)c2ccccc2)cc1. The Labute approximate surface area is 176 Å². The van der Waals surface area contributed by atoms with Gasteiger partial charge in [0.1, 0.15) is 0 Å². The minimum Gasteiger partial charge on any atom is -0.281 e. The molecule has 3 aromatic rings. The lowest BCUT2D eigenvalue weighted by Crippen LogP contribution is -2.42. The number of terminal acetylenes is 1. The Bertz CT molecular complexity index is 1120. The fourth-order valence-corrected chi connectivity index (χ4v) is 3.70. The van der Waals surface area contributed by atoms with Gasteiger partial charge in [-0.25, -0.2) is 8.42 Å². The van der Waals surface area contributed by atoms with Crippen LogP contribution in [0.3, 0.4) is 0 Å². The van der Waals surface area contributed by atoms with Crippen molar-refractivity contribution in [1.29, 1.82) is 0 Å². The van der Waals surface area contributed by atoms with Gasteiger partial charge in [0.25, 0.3) is 5.91 Å². The molecule has 3 rings (SSSR count). The Morgan fingerprint density at radius 2 is 1.50 bits per heavy atom. The number of hydrogen-bond acceptors (Lipinski definition) is 4. The molecule has 2 N–H and O–H groups in total. The summed E-state index contributed by atoms with van der Waals surface area (Å²) >= 11 is 0. The highest BCUT2D eigenvalue weighted by Gasteiger charge is 2.16. The summed E-state index contributed by atoms with van der Waals surface area (Å²) in [7, 11) is -3.71. The molecule has 0 unspecified atom stereocenters. The van der Waals surface area contributed by atoms with Crippen LogP contribution >= 0.6 is 0 Å². The Kier molecular flexibility index (Phi) is 6.86. The third-order valence-corrected chi connectivity index (χ3v) is 5.70. The smallest absolute Gasteiger partial charge is 0.269 e. The molecule has 0 saturated carbocycles. The van der Waals surface area contributed by atoms with Gasteiger partial charge in [0.15, 0.2) is 0 Å². The zero-order chi connectivity index (χ0) is 21.4. The van der Waals surface area contributed by atoms with E-state index < -0.39 is 10.0 Å². The van der Waals surface area contributed by atoms with Crippen molar-refractivity contribution in [2.75, 3.05) is 11.6 Å². The lowest BCUT2D eigenvalue weighted by molar-refractivity contribution is 0.0948. The van der Waals surface area contributed by atoms with Crippen LogP contribution in [0.4, 0.5) is 5.69 Å². The fourth-order valence-electron chi connectivity index (χ4n) is 2.76. The van der Waals surface area contributed by atoms with E-state index in [2.05, 4.69) is 16.1 Å². The molecule has 3 aromatic carbocycles. The van der Waals surface area contributed by atoms with Gasteiger partial charge in [0.2, 0.25) is 10.0 Å². The molecule has 0 bridgehead atoms. The van der Waals surface area contributed by atoms with Gasteiger partial charge in [-0.1, -0.05) is 54.5 Å². The van der Waals surface area contributed by atoms with Gasteiger partial charge in [-0.15, -0.1) is 6.42 Å². The zero-order valence-electron chi connectivity index (χ0n) is 16.2. The molecule has 0 aliphatic carbocycles. The number of sulfonamides is 1. The molecule has 7 heteroatoms. The van der Waals surface area contributed by atoms with E-state index in [1.807, 2.05) is 60.7 Å². The first-order chi connectivity index (χ1) is 14.5. The summed E-state index contributed by atoms with van der Waals surface area (Å²) in [5, 5.41) is 1.75. The van der Waals surface area contributed by atoms with Crippen molar-refractivity contribution < 1.29 is 13.2 Å². The molecule has 0 radical (unpaired) electrons. The molecular weight excluding hydrogens is 398 g/mol. The van der Waals surface area contributed by atoms with Crippen molar-refractivity contribution in [2.24, 2.45) is 0 Å². The first-order valence-electron chi connectivity index (χ1n) is 9.20. The van der Waals surface area contributed by atoms with Crippen LogP contribution in [0, 0.1) is 12.3 Å². The van der Waals surface area contributed by atoms with Crippen LogP contribution in [0.1, 0.15) is 15.9 Å². The number of amides is 1. The second-order valence-electron chi connectivity index (χ2n) is 6.40. The molecule has 1 amide bonds. The van der Waals surface area contributed by atoms with Crippen LogP contribution < -0.4 is 15.2 Å². The average Bonchev–Trinajstić information content (AvgIpc) is 2.78. The molecule has 6 nitrogen and oxygen atoms in total. The monoisotopic (exact) mass is 419 g/mol. The van der Waals surface area contributed by atoms with Crippen molar-refractivity contribution in [2.45, 2.75) is 11.4 Å². The van der Waals surface area contributed by atoms with Gasteiger partial charge in [-0.05, 0) is 42.0 Å². The summed E-state index contributed by atoms with van der Waals surface area (Å²) in [5.74, 6) is 1.87. The Morgan fingerprint density at radius 3 is 2.10 bits per heavy atom. The van der Waals surface area contributed by atoms with Crippen LogP contribution in [0.5, 0.6) is 0 Å². The van der Waals surface area contributed by atoms with Gasteiger partial charge in [0, 0.05) is 5.56 Å². The van der Waals surface area contributed by atoms with Crippen molar-refractivity contribution >= 4 is 21.6 Å². The van der Waals surface area contributed by atoms with Crippen molar-refractivity contribution in [3.63, 3.8) is 0 Å². The third kappa shape index (κ3) is 5.47. The molecule has 0 atom stereocenters. The van der Waals surface area contributed by atoms with E-state index in [0.29, 0.717) is 12.1 Å². The maximum Gasteiger partial charge on any atom is 0.269 e. The number of nitrogens with one attached hydrogen (secondary N) is 2. The van der Waals surface area contributed by atoms with Crippen LogP contribution in [0.15, 0.2) is 89.8 Å². The average molecular weight is 420 g/mol. The summed E-state index contributed by atoms with van der Waals surface area (Å²) in [5.41, 5.74) is 5.08. The zero-order valence-corrected chi connectivity index (χ0v) is 17.0. The number of benzene rings is 3.